The zero-order chi connectivity index (χ0) is 25.7. The first-order chi connectivity index (χ1) is 17.4. The zero-order valence-electron chi connectivity index (χ0n) is 19.4. The van der Waals surface area contributed by atoms with Crippen LogP contribution in [0.1, 0.15) is 35.0 Å². The summed E-state index contributed by atoms with van der Waals surface area (Å²) < 4.78 is 40.9. The van der Waals surface area contributed by atoms with Gasteiger partial charge in [0.2, 0.25) is 0 Å². The molecule has 1 aliphatic heterocycles. The van der Waals surface area contributed by atoms with E-state index < -0.39 is 18.8 Å². The zero-order valence-corrected chi connectivity index (χ0v) is 19.4. The molecule has 1 atom stereocenters. The number of hydrogen-bond donors (Lipinski definition) is 2. The number of hydrogen-bond acceptors (Lipinski definition) is 7. The van der Waals surface area contributed by atoms with Gasteiger partial charge < -0.3 is 19.5 Å². The molecule has 0 bridgehead atoms. The molecule has 188 valence electrons. The molecular formula is C24H23F2N5O5. The number of alkyl halides is 2. The first-order valence-corrected chi connectivity index (χ1v) is 11.0. The second kappa shape index (κ2) is 10.8. The number of methoxy groups -OCH3 is 1. The molecule has 12 heteroatoms. The Labute approximate surface area is 204 Å². The number of H-pyrrole nitrogens is 1. The molecule has 1 aliphatic rings. The highest BCUT2D eigenvalue weighted by Crippen LogP contribution is 2.31. The second-order valence-electron chi connectivity index (χ2n) is 7.68. The van der Waals surface area contributed by atoms with Crippen LogP contribution < -0.4 is 14.8 Å². The number of amides is 2. The number of halogens is 2. The van der Waals surface area contributed by atoms with Crippen molar-refractivity contribution in [1.29, 1.82) is 0 Å². The Morgan fingerprint density at radius 1 is 1.19 bits per heavy atom. The van der Waals surface area contributed by atoms with Gasteiger partial charge in [-0.2, -0.15) is 24.0 Å². The molecule has 2 heterocycles. The van der Waals surface area contributed by atoms with E-state index in [9.17, 15) is 18.4 Å². The monoisotopic (exact) mass is 499 g/mol. The predicted octanol–water partition coefficient (Wildman–Crippen LogP) is 4.41. The van der Waals surface area contributed by atoms with Crippen LogP contribution in [0.5, 0.6) is 11.5 Å². The molecule has 1 aromatic heterocycles. The third-order valence-electron chi connectivity index (χ3n) is 5.31. The van der Waals surface area contributed by atoms with Gasteiger partial charge in [-0.25, -0.2) is 4.79 Å². The summed E-state index contributed by atoms with van der Waals surface area (Å²) in [5, 5.41) is 14.7. The fourth-order valence-corrected chi connectivity index (χ4v) is 3.57. The van der Waals surface area contributed by atoms with Crippen molar-refractivity contribution in [3.05, 3.63) is 71.5 Å². The number of hydrazone groups is 1. The van der Waals surface area contributed by atoms with Crippen LogP contribution in [0.25, 0.3) is 0 Å². The maximum Gasteiger partial charge on any atom is 0.431 e. The topological polar surface area (TPSA) is 118 Å². The molecule has 0 fully saturated rings. The molecule has 0 saturated heterocycles. The lowest BCUT2D eigenvalue weighted by Crippen LogP contribution is -2.41. The van der Waals surface area contributed by atoms with Crippen LogP contribution >= 0.6 is 0 Å². The summed E-state index contributed by atoms with van der Waals surface area (Å²) in [5.41, 5.74) is 2.37. The highest BCUT2D eigenvalue weighted by atomic mass is 19.3. The van der Waals surface area contributed by atoms with E-state index in [2.05, 4.69) is 25.4 Å². The van der Waals surface area contributed by atoms with E-state index in [4.69, 9.17) is 9.47 Å². The van der Waals surface area contributed by atoms with Gasteiger partial charge in [0, 0.05) is 17.4 Å². The van der Waals surface area contributed by atoms with Crippen LogP contribution in [0, 0.1) is 0 Å². The van der Waals surface area contributed by atoms with Crippen LogP contribution in [0.4, 0.5) is 19.3 Å². The van der Waals surface area contributed by atoms with Gasteiger partial charge in [0.1, 0.15) is 17.5 Å². The lowest BCUT2D eigenvalue weighted by atomic mass is 10.0. The normalized spacial score (nSPS) is 15.4. The third kappa shape index (κ3) is 5.59. The van der Waals surface area contributed by atoms with Crippen LogP contribution in [0.2, 0.25) is 0 Å². The highest BCUT2D eigenvalue weighted by molar-refractivity contribution is 6.06. The summed E-state index contributed by atoms with van der Waals surface area (Å²) in [6.45, 7) is -1.13. The van der Waals surface area contributed by atoms with Crippen molar-refractivity contribution in [3.63, 3.8) is 0 Å². The Morgan fingerprint density at radius 2 is 1.97 bits per heavy atom. The molecule has 0 saturated carbocycles. The van der Waals surface area contributed by atoms with Gasteiger partial charge in [-0.3, -0.25) is 9.89 Å². The number of aromatic nitrogens is 2. The van der Waals surface area contributed by atoms with Gasteiger partial charge in [0.25, 0.3) is 5.91 Å². The van der Waals surface area contributed by atoms with Gasteiger partial charge in [-0.15, -0.1) is 0 Å². The molecule has 3 aromatic rings. The lowest BCUT2D eigenvalue weighted by Gasteiger charge is -2.29. The number of nitrogens with one attached hydrogen (secondary N) is 2. The van der Waals surface area contributed by atoms with E-state index in [0.29, 0.717) is 23.4 Å². The van der Waals surface area contributed by atoms with Crippen molar-refractivity contribution in [2.75, 3.05) is 12.4 Å². The number of cyclic esters (lactones) is 1. The van der Waals surface area contributed by atoms with Crippen molar-refractivity contribution >= 4 is 23.4 Å². The van der Waals surface area contributed by atoms with Crippen LogP contribution in [-0.4, -0.2) is 52.7 Å². The average Bonchev–Trinajstić information content (AvgIpc) is 3.41. The number of nitrogens with zero attached hydrogens (tertiary/aromatic N) is 3. The molecule has 2 aromatic carbocycles. The second-order valence-corrected chi connectivity index (χ2v) is 7.68. The Morgan fingerprint density at radius 3 is 2.61 bits per heavy atom. The fourth-order valence-electron chi connectivity index (χ4n) is 3.57. The van der Waals surface area contributed by atoms with Gasteiger partial charge in [-0.1, -0.05) is 19.1 Å². The first kappa shape index (κ1) is 24.6. The van der Waals surface area contributed by atoms with Crippen LogP contribution in [0.3, 0.4) is 0 Å². The Hall–Kier alpha value is -4.48. The Kier molecular flexibility index (Phi) is 7.42. The summed E-state index contributed by atoms with van der Waals surface area (Å²) >= 11 is 0. The third-order valence-corrected chi connectivity index (χ3v) is 5.31. The van der Waals surface area contributed by atoms with Crippen molar-refractivity contribution in [1.82, 2.24) is 15.2 Å². The molecular weight excluding hydrogens is 476 g/mol. The molecule has 0 aliphatic carbocycles. The number of rotatable bonds is 9. The summed E-state index contributed by atoms with van der Waals surface area (Å²) in [5.74, 6) is -0.381. The largest absolute Gasteiger partial charge is 0.493 e. The molecule has 2 amide bonds. The van der Waals surface area contributed by atoms with E-state index in [1.54, 1.807) is 42.6 Å². The molecule has 2 N–H and O–H groups in total. The Bertz CT molecular complexity index is 1250. The highest BCUT2D eigenvalue weighted by Gasteiger charge is 2.31. The number of benzene rings is 2. The van der Waals surface area contributed by atoms with Crippen molar-refractivity contribution < 1.29 is 32.6 Å². The first-order valence-electron chi connectivity index (χ1n) is 11.0. The van der Waals surface area contributed by atoms with Crippen molar-refractivity contribution in [3.8, 4) is 11.5 Å². The smallest absolute Gasteiger partial charge is 0.431 e. The Balaban J connectivity index is 1.54. The SMILES string of the molecule is CCC1OC(=O)N(Cc2ccc(NC(=O)c3cc[nH]n3)cc2)N=C1c1ccc(OC)c(OC(F)F)c1. The van der Waals surface area contributed by atoms with Crippen molar-refractivity contribution in [2.24, 2.45) is 5.10 Å². The minimum absolute atomic E-state index is 0.0862. The fraction of sp³-hybridized carbons (Fsp3) is 0.250. The summed E-state index contributed by atoms with van der Waals surface area (Å²) in [6, 6.07) is 12.9. The standard InChI is InChI=1S/C24H23F2N5O5/c1-3-18-21(15-6-9-19(34-2)20(12-15)35-23(25)26)30-31(24(33)36-18)13-14-4-7-16(8-5-14)28-22(32)17-10-11-27-29-17/h4-12,18,23H,3,13H2,1-2H3,(H,27,29)(H,28,32). The maximum atomic E-state index is 12.9. The quantitative estimate of drug-likeness (QED) is 0.450. The summed E-state index contributed by atoms with van der Waals surface area (Å²) in [6.07, 6.45) is 0.673. The number of anilines is 1. The van der Waals surface area contributed by atoms with E-state index in [1.807, 2.05) is 6.92 Å². The maximum absolute atomic E-state index is 12.9. The molecule has 10 nitrogen and oxygen atoms in total. The summed E-state index contributed by atoms with van der Waals surface area (Å²) in [7, 11) is 1.34. The summed E-state index contributed by atoms with van der Waals surface area (Å²) in [4.78, 5) is 24.7. The van der Waals surface area contributed by atoms with Crippen LogP contribution in [-0.2, 0) is 11.3 Å². The minimum Gasteiger partial charge on any atom is -0.493 e. The van der Waals surface area contributed by atoms with Gasteiger partial charge in [0.05, 0.1) is 13.7 Å². The molecule has 36 heavy (non-hydrogen) atoms. The molecule has 1 unspecified atom stereocenters. The van der Waals surface area contributed by atoms with Gasteiger partial charge in [0.15, 0.2) is 11.5 Å². The number of carbonyl (C=O) groups excluding carboxylic acids is 2. The van der Waals surface area contributed by atoms with E-state index in [1.165, 1.54) is 19.2 Å². The molecule has 4 rings (SSSR count). The lowest BCUT2D eigenvalue weighted by molar-refractivity contribution is -0.0512. The van der Waals surface area contributed by atoms with E-state index in [0.717, 1.165) is 10.6 Å². The number of aromatic amines is 1. The molecule has 0 spiro atoms. The number of ether oxygens (including phenoxy) is 3. The van der Waals surface area contributed by atoms with Gasteiger partial charge in [-0.05, 0) is 48.4 Å². The average molecular weight is 499 g/mol. The number of carbonyl (C=O) groups is 2. The van der Waals surface area contributed by atoms with Gasteiger partial charge >= 0.3 is 12.7 Å². The minimum atomic E-state index is -3.04. The van der Waals surface area contributed by atoms with Crippen molar-refractivity contribution in [2.45, 2.75) is 32.6 Å². The van der Waals surface area contributed by atoms with Crippen LogP contribution in [0.15, 0.2) is 59.8 Å². The van der Waals surface area contributed by atoms with E-state index in [-0.39, 0.29) is 29.6 Å². The predicted molar refractivity (Wildman–Crippen MR) is 125 cm³/mol. The molecule has 0 radical (unpaired) electrons. The van der Waals surface area contributed by atoms with E-state index >= 15 is 0 Å².